The van der Waals surface area contributed by atoms with Crippen molar-refractivity contribution < 1.29 is 91.1 Å². The van der Waals surface area contributed by atoms with Crippen LogP contribution in [-0.2, 0) is 29.8 Å². The molecule has 0 radical (unpaired) electrons. The second-order valence-corrected chi connectivity index (χ2v) is 29.9. The van der Waals surface area contributed by atoms with E-state index in [0.717, 1.165) is 30.3 Å². The van der Waals surface area contributed by atoms with Gasteiger partial charge in [-0.25, -0.2) is 29.5 Å². The van der Waals surface area contributed by atoms with Crippen LogP contribution in [0.1, 0.15) is 119 Å². The lowest BCUT2D eigenvalue weighted by molar-refractivity contribution is -0.639. The average molecular weight is 1380 g/mol. The summed E-state index contributed by atoms with van der Waals surface area (Å²) in [4.78, 5) is 94.3. The van der Waals surface area contributed by atoms with E-state index in [-0.39, 0.29) is 17.4 Å². The summed E-state index contributed by atoms with van der Waals surface area (Å²) in [5, 5.41) is 64.4. The van der Waals surface area contributed by atoms with E-state index in [1.165, 1.54) is 32.2 Å². The van der Waals surface area contributed by atoms with E-state index >= 15 is 0 Å². The Labute approximate surface area is 560 Å². The summed E-state index contributed by atoms with van der Waals surface area (Å²) in [6.07, 6.45) is 7.25. The number of nitrogens with two attached hydrogens (primary N) is 2. The average Bonchev–Trinajstić information content (AvgIpc) is 1.65. The van der Waals surface area contributed by atoms with Crippen LogP contribution >= 0.6 is 0 Å². The van der Waals surface area contributed by atoms with Crippen LogP contribution in [0.4, 0.5) is 54.2 Å². The van der Waals surface area contributed by atoms with Crippen LogP contribution in [0.25, 0.3) is 5.52 Å². The maximum atomic E-state index is 13.1. The lowest BCUT2D eigenvalue weighted by Crippen LogP contribution is -2.47. The number of aryl methyl sites for hydroxylation is 1. The van der Waals surface area contributed by atoms with Gasteiger partial charge in [-0.2, -0.15) is 11.0 Å². The first kappa shape index (κ1) is 82.2. The van der Waals surface area contributed by atoms with Crippen molar-refractivity contribution >= 4 is 77.9 Å². The highest BCUT2D eigenvalue weighted by atomic mass is 28.4. The normalized spacial score (nSPS) is 11.3. The summed E-state index contributed by atoms with van der Waals surface area (Å²) in [5.74, 6) is 10.1. The molecule has 0 aliphatic heterocycles. The van der Waals surface area contributed by atoms with Crippen molar-refractivity contribution in [2.75, 3.05) is 49.7 Å². The largest absolute Gasteiger partial charge is 0.868 e. The highest BCUT2D eigenvalue weighted by Crippen LogP contribution is 2.41. The minimum Gasteiger partial charge on any atom is -0.868 e. The third-order valence-corrected chi connectivity index (χ3v) is 17.4. The summed E-state index contributed by atoms with van der Waals surface area (Å²) in [6, 6.07) is 10.2. The van der Waals surface area contributed by atoms with E-state index in [2.05, 4.69) is 80.4 Å². The van der Waals surface area contributed by atoms with E-state index in [4.69, 9.17) is 54.4 Å². The first-order valence-electron chi connectivity index (χ1n) is 29.2. The van der Waals surface area contributed by atoms with E-state index in [9.17, 15) is 64.7 Å². The lowest BCUT2D eigenvalue weighted by atomic mass is 9.99. The van der Waals surface area contributed by atoms with Gasteiger partial charge in [0.15, 0.2) is 19.8 Å². The molecular weight excluding hydrogens is 1290 g/mol. The molecule has 4 aromatic heterocycles. The smallest absolute Gasteiger partial charge is 0.415 e. The molecule has 6 rings (SSSR count). The number of anilines is 3. The summed E-state index contributed by atoms with van der Waals surface area (Å²) in [5.41, 5.74) is -1.74. The summed E-state index contributed by atoms with van der Waals surface area (Å²) >= 11 is 0. The monoisotopic (exact) mass is 1380 g/mol. The van der Waals surface area contributed by atoms with Gasteiger partial charge in [0.25, 0.3) is 17.1 Å². The molecule has 0 aliphatic carbocycles. The van der Waals surface area contributed by atoms with Gasteiger partial charge in [-0.1, -0.05) is 31.5 Å². The molecule has 36 heteroatoms. The summed E-state index contributed by atoms with van der Waals surface area (Å²) in [6.45, 7) is 35.0. The van der Waals surface area contributed by atoms with Gasteiger partial charge >= 0.3 is 29.9 Å². The molecule has 0 spiro atoms. The number of nitro groups is 4. The Bertz CT molecular complexity index is 3740. The molecule has 0 bridgehead atoms. The number of carbonyl (C=O) groups is 4. The summed E-state index contributed by atoms with van der Waals surface area (Å²) in [7, 11) is 2.50. The number of ether oxygens (including phenoxy) is 7. The van der Waals surface area contributed by atoms with Crippen LogP contribution in [0, 0.1) is 47.4 Å². The van der Waals surface area contributed by atoms with Gasteiger partial charge in [0, 0.05) is 38.2 Å². The number of amides is 3. The second kappa shape index (κ2) is 35.0. The van der Waals surface area contributed by atoms with E-state index in [1.54, 1.807) is 110 Å². The van der Waals surface area contributed by atoms with Crippen molar-refractivity contribution in [3.05, 3.63) is 144 Å². The van der Waals surface area contributed by atoms with Crippen molar-refractivity contribution in [1.82, 2.24) is 14.6 Å². The number of nitrogen functional groups attached to an aromatic ring is 1. The Morgan fingerprint density at radius 3 is 1.62 bits per heavy atom. The molecule has 530 valence electrons. The molecule has 0 saturated carbocycles. The van der Waals surface area contributed by atoms with Gasteiger partial charge in [0.2, 0.25) is 29.5 Å². The van der Waals surface area contributed by atoms with Crippen LogP contribution in [0.3, 0.4) is 0 Å². The molecular formula is C61H86N13O22Si+. The Kier molecular flexibility index (Phi) is 29.7. The van der Waals surface area contributed by atoms with Crippen molar-refractivity contribution in [2.45, 2.75) is 150 Å². The molecule has 6 aromatic rings. The maximum Gasteiger partial charge on any atom is 0.415 e. The topological polar surface area (TPSA) is 469 Å². The van der Waals surface area contributed by atoms with Crippen molar-refractivity contribution in [2.24, 2.45) is 5.90 Å². The SMILES string of the molecule is CCOC(=O)c1c(CCC(C)(C)O[Si](C)(C)C(C)(C)C)nn2cc(OC)c(NC(=O)OC(C)(C)C)cc12.COc1c[n+](N)ccc1NC(=O)OC(C)(C)C.NOc1ccc([N+](=O)[O-])cc1[N+](=O)[O-].O=[N+]([O-])c1ccc([O-])c([N+](=O)[O-])c1.[CH2+]C(C)(C)OC(=O)Nc1ccncc1OC. The van der Waals surface area contributed by atoms with Gasteiger partial charge in [0.05, 0.1) is 106 Å². The van der Waals surface area contributed by atoms with E-state index < -0.39 is 103 Å². The number of aromatic nitrogens is 4. The van der Waals surface area contributed by atoms with Crippen LogP contribution in [-0.4, -0.2) is 117 Å². The number of nitrogens with zero attached hydrogens (tertiary/aromatic N) is 8. The highest BCUT2D eigenvalue weighted by molar-refractivity contribution is 6.74. The Morgan fingerprint density at radius 1 is 0.660 bits per heavy atom. The molecule has 97 heavy (non-hydrogen) atoms. The maximum absolute atomic E-state index is 13.1. The third-order valence-electron chi connectivity index (χ3n) is 12.7. The van der Waals surface area contributed by atoms with Gasteiger partial charge in [-0.05, 0) is 117 Å². The Balaban J connectivity index is 0.000000446. The number of hydrogen-bond donors (Lipinski definition) is 5. The summed E-state index contributed by atoms with van der Waals surface area (Å²) < 4.78 is 46.1. The third kappa shape index (κ3) is 27.5. The molecule has 0 saturated heterocycles. The molecule has 0 fully saturated rings. The van der Waals surface area contributed by atoms with E-state index in [0.29, 0.717) is 70.0 Å². The fraction of sp³-hybridized carbons (Fsp3) is 0.443. The quantitative estimate of drug-likeness (QED) is 0.00735. The standard InChI is InChI=1S/C27H45N3O6Si.C11H17N3O3.C11H14N2O3.C6H5N3O5.C6H4N2O5/c1-13-34-23(31)22-18(14-15-27(8,9)36-37(11,12)26(5,6)7)29-30-17-21(33-10)19(16-20(22)30)28-24(32)35-25(2,3)4;1-11(2,3)17-10(15)13-8-5-6-14(12)7-9(8)16-4;1-11(2,3)16-10(14)13-8-5-6-12-7-9(8)15-4;7-14-6-2-1-4(8(10)11)3-5(6)9(12)13;9-6-2-1-4(7(10)11)3-5(6)8(12)13/h16-17H,13-15H2,1-12H3,(H,28,32);5-7H,12H2,1-4H3;5-7H,1H2,2-4H3;1-3H,7H2;1-3,9H/p+1. The molecule has 3 amide bonds. The number of benzene rings is 2. The number of nitrogens with one attached hydrogen (secondary N) is 3. The molecule has 2 aromatic carbocycles. The van der Waals surface area contributed by atoms with Crippen molar-refractivity contribution in [3.63, 3.8) is 0 Å². The van der Waals surface area contributed by atoms with E-state index in [1.807, 2.05) is 0 Å². The second-order valence-electron chi connectivity index (χ2n) is 25.2. The number of nitro benzene ring substituents is 4. The van der Waals surface area contributed by atoms with Gasteiger partial charge < -0.3 is 47.5 Å². The molecule has 4 heterocycles. The number of fused-ring (bicyclic) bond motifs is 1. The first-order valence-corrected chi connectivity index (χ1v) is 32.1. The van der Waals surface area contributed by atoms with Gasteiger partial charge in [0.1, 0.15) is 23.7 Å². The zero-order chi connectivity index (χ0) is 74.4. The van der Waals surface area contributed by atoms with Crippen LogP contribution < -0.4 is 56.5 Å². The lowest BCUT2D eigenvalue weighted by Gasteiger charge is -2.42. The fourth-order valence-electron chi connectivity index (χ4n) is 7.54. The first-order chi connectivity index (χ1) is 44.6. The van der Waals surface area contributed by atoms with Crippen molar-refractivity contribution in [3.8, 4) is 28.7 Å². The number of methoxy groups -OCH3 is 3. The molecule has 7 N–H and O–H groups in total. The predicted octanol–water partition coefficient (Wildman–Crippen LogP) is 11.2. The number of hydrogen-bond acceptors (Lipinski definition) is 26. The molecule has 0 aliphatic rings. The predicted molar refractivity (Wildman–Crippen MR) is 356 cm³/mol. The Morgan fingerprint density at radius 2 is 1.15 bits per heavy atom. The number of esters is 1. The zero-order valence-corrected chi connectivity index (χ0v) is 58.6. The van der Waals surface area contributed by atoms with Crippen LogP contribution in [0.2, 0.25) is 18.1 Å². The van der Waals surface area contributed by atoms with Crippen LogP contribution in [0.5, 0.6) is 28.7 Å². The van der Waals surface area contributed by atoms with Gasteiger partial charge in [-0.3, -0.25) is 61.4 Å². The molecule has 35 nitrogen and oxygen atoms in total. The minimum absolute atomic E-state index is 0.0809. The molecule has 0 unspecified atom stereocenters. The number of non-ortho nitro benzene ring substituents is 2. The number of carbonyl (C=O) groups excluding carboxylic acids is 4. The Hall–Kier alpha value is -10.9. The highest BCUT2D eigenvalue weighted by Gasteiger charge is 2.41. The number of rotatable bonds is 19. The van der Waals surface area contributed by atoms with Crippen molar-refractivity contribution in [1.29, 1.82) is 0 Å². The number of pyridine rings is 3. The zero-order valence-electron chi connectivity index (χ0n) is 57.6. The van der Waals surface area contributed by atoms with Gasteiger partial charge in [-0.15, -0.1) is 0 Å². The van der Waals surface area contributed by atoms with Crippen LogP contribution in [0.15, 0.2) is 85.6 Å². The molecule has 0 atom stereocenters. The minimum atomic E-state index is -2.00. The fourth-order valence-corrected chi connectivity index (χ4v) is 9.33.